The van der Waals surface area contributed by atoms with Crippen molar-refractivity contribution < 1.29 is 9.59 Å². The summed E-state index contributed by atoms with van der Waals surface area (Å²) in [5.74, 6) is 0.376. The Balaban J connectivity index is 1.54. The highest BCUT2D eigenvalue weighted by Gasteiger charge is 2.41. The van der Waals surface area contributed by atoms with E-state index in [0.29, 0.717) is 12.8 Å². The van der Waals surface area contributed by atoms with E-state index in [1.807, 2.05) is 37.3 Å². The molecule has 166 valence electrons. The van der Waals surface area contributed by atoms with E-state index >= 15 is 0 Å². The predicted molar refractivity (Wildman–Crippen MR) is 131 cm³/mol. The van der Waals surface area contributed by atoms with Crippen LogP contribution >= 0.6 is 0 Å². The van der Waals surface area contributed by atoms with Gasteiger partial charge in [-0.15, -0.1) is 0 Å². The number of ketones is 2. The summed E-state index contributed by atoms with van der Waals surface area (Å²) in [6, 6.07) is 20.7. The number of carbonyl (C=O) groups is 2. The number of aryl methyl sites for hydroxylation is 2. The van der Waals surface area contributed by atoms with Gasteiger partial charge in [0.25, 0.3) is 0 Å². The van der Waals surface area contributed by atoms with E-state index in [1.54, 1.807) is 6.20 Å². The van der Waals surface area contributed by atoms with Crippen molar-refractivity contribution in [3.8, 4) is 0 Å². The number of nitrogens with zero attached hydrogens (tertiary/aromatic N) is 1. The lowest BCUT2D eigenvalue weighted by atomic mass is 9.63. The SMILES string of the molecule is Cc1ncccc1CC(=O)c1ccc2c(c1)CCCC1=CC(=O)CCC12Cc1ccccc1. The number of hydrogen-bond donors (Lipinski definition) is 0. The van der Waals surface area contributed by atoms with Gasteiger partial charge in [0.2, 0.25) is 0 Å². The second kappa shape index (κ2) is 8.90. The average molecular weight is 436 g/mol. The van der Waals surface area contributed by atoms with Crippen LogP contribution in [-0.2, 0) is 29.5 Å². The molecule has 0 aliphatic heterocycles. The number of fused-ring (bicyclic) bond motifs is 3. The number of allylic oxidation sites excluding steroid dienone is 2. The molecule has 33 heavy (non-hydrogen) atoms. The molecule has 0 amide bonds. The molecule has 0 radical (unpaired) electrons. The van der Waals surface area contributed by atoms with Gasteiger partial charge in [-0.2, -0.15) is 0 Å². The van der Waals surface area contributed by atoms with Crippen molar-refractivity contribution in [3.05, 3.63) is 112 Å². The Morgan fingerprint density at radius 2 is 1.85 bits per heavy atom. The van der Waals surface area contributed by atoms with Crippen molar-refractivity contribution in [2.75, 3.05) is 0 Å². The molecule has 1 atom stereocenters. The lowest BCUT2D eigenvalue weighted by Crippen LogP contribution is -2.35. The van der Waals surface area contributed by atoms with Crippen LogP contribution in [0.4, 0.5) is 0 Å². The maximum atomic E-state index is 13.2. The highest BCUT2D eigenvalue weighted by atomic mass is 16.1. The smallest absolute Gasteiger partial charge is 0.167 e. The minimum absolute atomic E-state index is 0.129. The lowest BCUT2D eigenvalue weighted by molar-refractivity contribution is -0.115. The predicted octanol–water partition coefficient (Wildman–Crippen LogP) is 5.92. The number of aromatic nitrogens is 1. The zero-order valence-electron chi connectivity index (χ0n) is 19.1. The summed E-state index contributed by atoms with van der Waals surface area (Å²) in [6.45, 7) is 1.95. The summed E-state index contributed by atoms with van der Waals surface area (Å²) < 4.78 is 0. The van der Waals surface area contributed by atoms with Crippen LogP contribution in [0, 0.1) is 6.92 Å². The first-order valence-corrected chi connectivity index (χ1v) is 11.9. The minimum atomic E-state index is -0.164. The molecule has 1 heterocycles. The van der Waals surface area contributed by atoms with Crippen LogP contribution in [0.25, 0.3) is 0 Å². The van der Waals surface area contributed by atoms with Gasteiger partial charge in [0, 0.05) is 35.7 Å². The first kappa shape index (κ1) is 21.5. The molecule has 0 bridgehead atoms. The van der Waals surface area contributed by atoms with Gasteiger partial charge in [0.15, 0.2) is 11.6 Å². The maximum absolute atomic E-state index is 13.2. The number of carbonyl (C=O) groups excluding carboxylic acids is 2. The Hall–Kier alpha value is -3.33. The van der Waals surface area contributed by atoms with Crippen LogP contribution in [-0.4, -0.2) is 16.6 Å². The molecule has 1 unspecified atom stereocenters. The van der Waals surface area contributed by atoms with Crippen LogP contribution < -0.4 is 0 Å². The van der Waals surface area contributed by atoms with E-state index in [2.05, 4.69) is 41.4 Å². The fraction of sp³-hybridized carbons (Fsp3) is 0.300. The number of hydrogen-bond acceptors (Lipinski definition) is 3. The van der Waals surface area contributed by atoms with Crippen molar-refractivity contribution in [1.82, 2.24) is 4.98 Å². The first-order chi connectivity index (χ1) is 16.0. The third kappa shape index (κ3) is 4.20. The topological polar surface area (TPSA) is 47.0 Å². The third-order valence-electron chi connectivity index (χ3n) is 7.40. The number of pyridine rings is 1. The van der Waals surface area contributed by atoms with E-state index < -0.39 is 0 Å². The highest BCUT2D eigenvalue weighted by Crippen LogP contribution is 2.48. The van der Waals surface area contributed by atoms with Crippen LogP contribution in [0.5, 0.6) is 0 Å². The van der Waals surface area contributed by atoms with Gasteiger partial charge in [0.05, 0.1) is 0 Å². The lowest BCUT2D eigenvalue weighted by Gasteiger charge is -2.39. The van der Waals surface area contributed by atoms with Gasteiger partial charge in [0.1, 0.15) is 0 Å². The minimum Gasteiger partial charge on any atom is -0.295 e. The summed E-state index contributed by atoms with van der Waals surface area (Å²) in [5.41, 5.74) is 7.62. The van der Waals surface area contributed by atoms with Gasteiger partial charge < -0.3 is 0 Å². The summed E-state index contributed by atoms with van der Waals surface area (Å²) in [6.07, 6.45) is 9.23. The number of benzene rings is 2. The molecule has 5 rings (SSSR count). The molecular formula is C30H29NO2. The standard InChI is InChI=1S/C30H29NO2/c1-21-23(10-6-16-31-21)18-29(33)25-12-13-28-24(17-25)9-5-11-26-19-27(32)14-15-30(26,28)20-22-7-3-2-4-8-22/h2-4,6-8,10,12-13,16-17,19H,5,9,11,14-15,18,20H2,1H3. The van der Waals surface area contributed by atoms with E-state index in [9.17, 15) is 9.59 Å². The van der Waals surface area contributed by atoms with Crippen molar-refractivity contribution in [1.29, 1.82) is 0 Å². The molecule has 0 saturated carbocycles. The summed E-state index contributed by atoms with van der Waals surface area (Å²) >= 11 is 0. The van der Waals surface area contributed by atoms with E-state index in [-0.39, 0.29) is 17.0 Å². The fourth-order valence-corrected chi connectivity index (χ4v) is 5.65. The average Bonchev–Trinajstić information content (AvgIpc) is 2.97. The molecule has 0 saturated heterocycles. The largest absolute Gasteiger partial charge is 0.295 e. The maximum Gasteiger partial charge on any atom is 0.167 e. The molecule has 3 nitrogen and oxygen atoms in total. The monoisotopic (exact) mass is 435 g/mol. The van der Waals surface area contributed by atoms with Gasteiger partial charge in [-0.05, 0) is 79.5 Å². The molecule has 2 aliphatic rings. The van der Waals surface area contributed by atoms with Gasteiger partial charge in [-0.1, -0.05) is 54.1 Å². The van der Waals surface area contributed by atoms with Crippen LogP contribution in [0.2, 0.25) is 0 Å². The summed E-state index contributed by atoms with van der Waals surface area (Å²) in [5, 5.41) is 0. The van der Waals surface area contributed by atoms with Crippen LogP contribution in [0.3, 0.4) is 0 Å². The number of rotatable bonds is 5. The Bertz CT molecular complexity index is 1240. The van der Waals surface area contributed by atoms with E-state index in [1.165, 1.54) is 22.3 Å². The fourth-order valence-electron chi connectivity index (χ4n) is 5.65. The Morgan fingerprint density at radius 3 is 2.67 bits per heavy atom. The molecule has 2 aliphatic carbocycles. The van der Waals surface area contributed by atoms with Gasteiger partial charge in [-0.25, -0.2) is 0 Å². The third-order valence-corrected chi connectivity index (χ3v) is 7.40. The highest BCUT2D eigenvalue weighted by molar-refractivity contribution is 5.98. The molecular weight excluding hydrogens is 406 g/mol. The normalized spacial score (nSPS) is 19.8. The number of Topliss-reactive ketones (excluding diaryl/α,β-unsaturated/α-hetero) is 1. The van der Waals surface area contributed by atoms with Gasteiger partial charge >= 0.3 is 0 Å². The zero-order valence-corrected chi connectivity index (χ0v) is 19.1. The summed E-state index contributed by atoms with van der Waals surface area (Å²) in [7, 11) is 0. The van der Waals surface area contributed by atoms with Crippen LogP contribution in [0.1, 0.15) is 64.0 Å². The molecule has 2 aromatic carbocycles. The van der Waals surface area contributed by atoms with Crippen molar-refractivity contribution in [2.24, 2.45) is 0 Å². The molecule has 1 aromatic heterocycles. The molecule has 3 aromatic rings. The van der Waals surface area contributed by atoms with E-state index in [4.69, 9.17) is 0 Å². The van der Waals surface area contributed by atoms with Crippen LogP contribution in [0.15, 0.2) is 78.5 Å². The molecule has 0 fully saturated rings. The molecule has 0 N–H and O–H groups in total. The Labute approximate surface area is 195 Å². The molecule has 0 spiro atoms. The van der Waals surface area contributed by atoms with Crippen molar-refractivity contribution >= 4 is 11.6 Å². The molecule has 3 heteroatoms. The second-order valence-corrected chi connectivity index (χ2v) is 9.45. The zero-order chi connectivity index (χ0) is 22.8. The van der Waals surface area contributed by atoms with Crippen molar-refractivity contribution in [2.45, 2.75) is 57.3 Å². The summed E-state index contributed by atoms with van der Waals surface area (Å²) in [4.78, 5) is 29.8. The Morgan fingerprint density at radius 1 is 1.00 bits per heavy atom. The van der Waals surface area contributed by atoms with E-state index in [0.717, 1.165) is 48.9 Å². The Kier molecular flexibility index (Phi) is 5.80. The first-order valence-electron chi connectivity index (χ1n) is 11.9. The quantitative estimate of drug-likeness (QED) is 0.467. The second-order valence-electron chi connectivity index (χ2n) is 9.45. The van der Waals surface area contributed by atoms with Gasteiger partial charge in [-0.3, -0.25) is 14.6 Å². The van der Waals surface area contributed by atoms with Crippen molar-refractivity contribution in [3.63, 3.8) is 0 Å².